The first-order valence-corrected chi connectivity index (χ1v) is 16.7. The van der Waals surface area contributed by atoms with Crippen molar-refractivity contribution >= 4 is 0 Å². The molecule has 2 saturated heterocycles. The highest BCUT2D eigenvalue weighted by molar-refractivity contribution is 5.52. The van der Waals surface area contributed by atoms with Crippen molar-refractivity contribution in [1.82, 2.24) is 0 Å². The van der Waals surface area contributed by atoms with E-state index in [1.807, 2.05) is 27.7 Å². The van der Waals surface area contributed by atoms with Gasteiger partial charge in [0.25, 0.3) is 0 Å². The highest BCUT2D eigenvalue weighted by Crippen LogP contribution is 2.51. The quantitative estimate of drug-likeness (QED) is 0.338. The molecule has 250 valence electrons. The minimum Gasteiger partial charge on any atom is -0.507 e. The Morgan fingerprint density at radius 2 is 0.956 bits per heavy atom. The Morgan fingerprint density at radius 1 is 0.622 bits per heavy atom. The highest BCUT2D eigenvalue weighted by atomic mass is 16.7. The van der Waals surface area contributed by atoms with Crippen molar-refractivity contribution in [3.05, 3.63) is 56.6 Å². The van der Waals surface area contributed by atoms with Crippen LogP contribution in [-0.4, -0.2) is 60.4 Å². The molecule has 1 aliphatic carbocycles. The molecule has 3 aliphatic rings. The fourth-order valence-corrected chi connectivity index (χ4v) is 7.64. The number of ether oxygens (including phenoxy) is 4. The molecule has 0 atom stereocenters. The first kappa shape index (κ1) is 34.2. The van der Waals surface area contributed by atoms with Crippen LogP contribution in [0, 0.1) is 38.5 Å². The average molecular weight is 625 g/mol. The van der Waals surface area contributed by atoms with Crippen molar-refractivity contribution in [2.75, 3.05) is 26.4 Å². The molecule has 0 amide bonds. The van der Waals surface area contributed by atoms with Gasteiger partial charge in [0.2, 0.25) is 0 Å². The van der Waals surface area contributed by atoms with Gasteiger partial charge in [-0.15, -0.1) is 0 Å². The maximum atomic E-state index is 11.9. The number of hydrogen-bond donors (Lipinski definition) is 3. The molecule has 0 unspecified atom stereocenters. The number of hydrogen-bond acceptors (Lipinski definition) is 7. The molecule has 1 saturated carbocycles. The molecule has 2 aliphatic heterocycles. The summed E-state index contributed by atoms with van der Waals surface area (Å²) in [5.41, 5.74) is 6.63. The van der Waals surface area contributed by atoms with E-state index in [4.69, 9.17) is 18.9 Å². The third kappa shape index (κ3) is 6.40. The first-order chi connectivity index (χ1) is 20.9. The number of aromatic hydroxyl groups is 2. The third-order valence-electron chi connectivity index (χ3n) is 11.1. The summed E-state index contributed by atoms with van der Waals surface area (Å²) in [5.74, 6) is 0.733. The number of aliphatic hydroxyl groups is 1. The lowest BCUT2D eigenvalue weighted by Crippen LogP contribution is -2.62. The summed E-state index contributed by atoms with van der Waals surface area (Å²) >= 11 is 0. The van der Waals surface area contributed by atoms with Crippen LogP contribution in [0.3, 0.4) is 0 Å². The van der Waals surface area contributed by atoms with Gasteiger partial charge in [0.15, 0.2) is 12.6 Å². The first-order valence-electron chi connectivity index (χ1n) is 16.7. The van der Waals surface area contributed by atoms with Gasteiger partial charge in [-0.05, 0) is 95.9 Å². The Hall–Kier alpha value is -2.16. The zero-order chi connectivity index (χ0) is 33.1. The topological polar surface area (TPSA) is 97.6 Å². The molecule has 0 bridgehead atoms. The summed E-state index contributed by atoms with van der Waals surface area (Å²) in [7, 11) is 0. The fraction of sp³-hybridized carbons (Fsp3) is 0.684. The van der Waals surface area contributed by atoms with Crippen molar-refractivity contribution in [3.8, 4) is 11.5 Å². The minimum atomic E-state index is -0.670. The van der Waals surface area contributed by atoms with Gasteiger partial charge in [0.05, 0.1) is 32.5 Å². The maximum Gasteiger partial charge on any atom is 0.161 e. The molecule has 5 rings (SSSR count). The molecule has 2 aromatic rings. The molecule has 2 aromatic carbocycles. The zero-order valence-electron chi connectivity index (χ0n) is 29.2. The Bertz CT molecular complexity index is 1290. The number of phenols is 2. The molecule has 0 aromatic heterocycles. The summed E-state index contributed by atoms with van der Waals surface area (Å²) in [6.07, 6.45) is 2.31. The van der Waals surface area contributed by atoms with Crippen LogP contribution in [0.1, 0.15) is 105 Å². The molecule has 2 heterocycles. The molecule has 7 nitrogen and oxygen atoms in total. The lowest BCUT2D eigenvalue weighted by atomic mass is 9.60. The summed E-state index contributed by atoms with van der Waals surface area (Å²) in [5, 5.41) is 33.5. The van der Waals surface area contributed by atoms with Gasteiger partial charge in [0.1, 0.15) is 11.5 Å². The van der Waals surface area contributed by atoms with E-state index in [-0.39, 0.29) is 10.8 Å². The van der Waals surface area contributed by atoms with E-state index in [1.54, 1.807) is 0 Å². The van der Waals surface area contributed by atoms with Crippen LogP contribution in [-0.2, 0) is 42.6 Å². The molecule has 0 radical (unpaired) electrons. The smallest absolute Gasteiger partial charge is 0.161 e. The van der Waals surface area contributed by atoms with Crippen LogP contribution in [0.4, 0.5) is 0 Å². The van der Waals surface area contributed by atoms with Crippen molar-refractivity contribution in [1.29, 1.82) is 0 Å². The predicted molar refractivity (Wildman–Crippen MR) is 176 cm³/mol. The molecular weight excluding hydrogens is 568 g/mol. The predicted octanol–water partition coefficient (Wildman–Crippen LogP) is 6.98. The van der Waals surface area contributed by atoms with E-state index in [0.717, 1.165) is 63.8 Å². The van der Waals surface area contributed by atoms with Crippen molar-refractivity contribution in [2.24, 2.45) is 10.8 Å². The lowest BCUT2D eigenvalue weighted by Gasteiger charge is -2.55. The van der Waals surface area contributed by atoms with Gasteiger partial charge in [0, 0.05) is 23.7 Å². The van der Waals surface area contributed by atoms with Crippen LogP contribution in [0.25, 0.3) is 0 Å². The third-order valence-corrected chi connectivity index (χ3v) is 11.1. The number of rotatable bonds is 4. The molecule has 3 N–H and O–H groups in total. The summed E-state index contributed by atoms with van der Waals surface area (Å²) < 4.78 is 25.4. The number of benzene rings is 2. The van der Waals surface area contributed by atoms with Crippen LogP contribution < -0.4 is 0 Å². The van der Waals surface area contributed by atoms with E-state index >= 15 is 0 Å². The molecular formula is C38H56O7. The van der Waals surface area contributed by atoms with E-state index in [1.165, 1.54) is 0 Å². The minimum absolute atomic E-state index is 0.184. The SMILES string of the molecule is Cc1c(CC2OCC3(CCCC4(COC(Cc5cc(C(C)(C)C)c(O)c(C)c5C)OC4)C3O)CO2)cc(C(C)(C)C)c(O)c1C. The van der Waals surface area contributed by atoms with Gasteiger partial charge >= 0.3 is 0 Å². The van der Waals surface area contributed by atoms with Gasteiger partial charge in [-0.3, -0.25) is 0 Å². The van der Waals surface area contributed by atoms with E-state index in [0.29, 0.717) is 50.8 Å². The summed E-state index contributed by atoms with van der Waals surface area (Å²) in [6, 6.07) is 4.19. The molecule has 7 heteroatoms. The lowest BCUT2D eigenvalue weighted by molar-refractivity contribution is -0.308. The second kappa shape index (κ2) is 12.1. The Morgan fingerprint density at radius 3 is 1.27 bits per heavy atom. The van der Waals surface area contributed by atoms with Crippen molar-refractivity contribution < 1.29 is 34.3 Å². The Balaban J connectivity index is 1.24. The largest absolute Gasteiger partial charge is 0.507 e. The Kier molecular flexibility index (Phi) is 9.22. The molecule has 3 fully saturated rings. The van der Waals surface area contributed by atoms with Crippen molar-refractivity contribution in [2.45, 2.75) is 131 Å². The second-order valence-electron chi connectivity index (χ2n) is 16.4. The fourth-order valence-electron chi connectivity index (χ4n) is 7.64. The standard InChI is InChI=1S/C38H56O7/c1-22-24(3)32(39)28(35(5,6)7)14-26(22)16-30-42-18-37(19-43-30)12-11-13-38(34(37)41)20-44-31(45-21-38)17-27-15-29(36(8,9)10)33(40)25(4)23(27)2/h14-15,30-31,34,39-41H,11-13,16-21H2,1-10H3. The summed E-state index contributed by atoms with van der Waals surface area (Å²) in [4.78, 5) is 0. The number of phenolic OH excluding ortho intramolecular Hbond substituents is 2. The van der Waals surface area contributed by atoms with Crippen LogP contribution >= 0.6 is 0 Å². The van der Waals surface area contributed by atoms with E-state index in [2.05, 4.69) is 53.7 Å². The van der Waals surface area contributed by atoms with Crippen LogP contribution in [0.2, 0.25) is 0 Å². The zero-order valence-corrected chi connectivity index (χ0v) is 29.2. The number of aliphatic hydroxyl groups excluding tert-OH is 1. The van der Waals surface area contributed by atoms with Gasteiger partial charge in [-0.25, -0.2) is 0 Å². The van der Waals surface area contributed by atoms with Gasteiger partial charge in [-0.2, -0.15) is 0 Å². The van der Waals surface area contributed by atoms with Gasteiger partial charge < -0.3 is 34.3 Å². The normalized spacial score (nSPS) is 29.4. The van der Waals surface area contributed by atoms with Gasteiger partial charge in [-0.1, -0.05) is 60.1 Å². The molecule has 45 heavy (non-hydrogen) atoms. The van der Waals surface area contributed by atoms with Crippen molar-refractivity contribution in [3.63, 3.8) is 0 Å². The Labute approximate surface area is 270 Å². The average Bonchev–Trinajstić information content (AvgIpc) is 2.97. The maximum absolute atomic E-state index is 11.9. The highest BCUT2D eigenvalue weighted by Gasteiger charge is 2.57. The molecule has 2 spiro atoms. The van der Waals surface area contributed by atoms with E-state index < -0.39 is 29.5 Å². The summed E-state index contributed by atoms with van der Waals surface area (Å²) in [6.45, 7) is 22.4. The van der Waals surface area contributed by atoms with E-state index in [9.17, 15) is 15.3 Å². The van der Waals surface area contributed by atoms with Crippen LogP contribution in [0.5, 0.6) is 11.5 Å². The monoisotopic (exact) mass is 624 g/mol. The van der Waals surface area contributed by atoms with Crippen LogP contribution in [0.15, 0.2) is 12.1 Å². The second-order valence-corrected chi connectivity index (χ2v) is 16.4.